The van der Waals surface area contributed by atoms with E-state index in [0.29, 0.717) is 37.5 Å². The molecule has 7 heteroatoms. The van der Waals surface area contributed by atoms with E-state index in [2.05, 4.69) is 27.0 Å². The summed E-state index contributed by atoms with van der Waals surface area (Å²) in [7, 11) is 0. The van der Waals surface area contributed by atoms with E-state index in [1.54, 1.807) is 4.52 Å². The summed E-state index contributed by atoms with van der Waals surface area (Å²) < 4.78 is 6.93. The molecule has 0 aliphatic heterocycles. The number of nitrogens with zero attached hydrogens (tertiary/aromatic N) is 4. The summed E-state index contributed by atoms with van der Waals surface area (Å²) >= 11 is 0. The number of nitrogens with one attached hydrogen (secondary N) is 1. The monoisotopic (exact) mass is 289 g/mol. The number of carbonyl (C=O) groups excluding carboxylic acids is 1. The van der Waals surface area contributed by atoms with Gasteiger partial charge in [0.25, 0.3) is 11.7 Å². The van der Waals surface area contributed by atoms with Crippen LogP contribution >= 0.6 is 0 Å². The molecule has 0 radical (unpaired) electrons. The molecule has 0 bridgehead atoms. The quantitative estimate of drug-likeness (QED) is 0.607. The Morgan fingerprint density at radius 1 is 1.48 bits per heavy atom. The van der Waals surface area contributed by atoms with Crippen molar-refractivity contribution in [3.05, 3.63) is 35.9 Å². The molecule has 112 valence electrons. The maximum atomic E-state index is 12.2. The van der Waals surface area contributed by atoms with Gasteiger partial charge in [-0.3, -0.25) is 4.79 Å². The first-order chi connectivity index (χ1) is 10.1. The first kappa shape index (κ1) is 15.1. The van der Waals surface area contributed by atoms with Gasteiger partial charge in [-0.1, -0.05) is 19.1 Å². The Balaban J connectivity index is 2.00. The van der Waals surface area contributed by atoms with Crippen LogP contribution in [0.3, 0.4) is 0 Å². The average Bonchev–Trinajstić information content (AvgIpc) is 2.93. The number of carbonyl (C=O) groups is 1. The molecule has 1 amide bonds. The molecule has 0 aromatic carbocycles. The largest absolute Gasteiger partial charge is 0.375 e. The summed E-state index contributed by atoms with van der Waals surface area (Å²) in [6, 6.07) is 0. The third kappa shape index (κ3) is 3.63. The summed E-state index contributed by atoms with van der Waals surface area (Å²) in [4.78, 5) is 20.3. The zero-order valence-corrected chi connectivity index (χ0v) is 12.3. The third-order valence-electron chi connectivity index (χ3n) is 2.87. The lowest BCUT2D eigenvalue weighted by Crippen LogP contribution is -2.29. The fraction of sp³-hybridized carbons (Fsp3) is 0.429. The lowest BCUT2D eigenvalue weighted by atomic mass is 10.2. The van der Waals surface area contributed by atoms with Crippen molar-refractivity contribution < 1.29 is 9.53 Å². The normalized spacial score (nSPS) is 10.8. The van der Waals surface area contributed by atoms with Crippen molar-refractivity contribution in [2.24, 2.45) is 0 Å². The average molecular weight is 289 g/mol. The van der Waals surface area contributed by atoms with Gasteiger partial charge in [0.2, 0.25) is 0 Å². The van der Waals surface area contributed by atoms with Gasteiger partial charge in [-0.2, -0.15) is 10.1 Å². The molecular weight excluding hydrogens is 270 g/mol. The first-order valence-corrected chi connectivity index (χ1v) is 6.81. The lowest BCUT2D eigenvalue weighted by Gasteiger charge is -2.10. The van der Waals surface area contributed by atoms with Gasteiger partial charge in [0.05, 0.1) is 24.5 Å². The van der Waals surface area contributed by atoms with E-state index in [0.717, 1.165) is 11.3 Å². The molecule has 0 atom stereocenters. The van der Waals surface area contributed by atoms with Gasteiger partial charge in [0.1, 0.15) is 6.33 Å². The van der Waals surface area contributed by atoms with Crippen molar-refractivity contribution in [1.82, 2.24) is 24.9 Å². The Bertz CT molecular complexity index is 650. The van der Waals surface area contributed by atoms with Gasteiger partial charge >= 0.3 is 0 Å². The summed E-state index contributed by atoms with van der Waals surface area (Å²) in [5.41, 5.74) is 2.25. The highest BCUT2D eigenvalue weighted by Gasteiger charge is 2.15. The van der Waals surface area contributed by atoms with E-state index in [9.17, 15) is 4.79 Å². The lowest BCUT2D eigenvalue weighted by molar-refractivity contribution is 0.0925. The van der Waals surface area contributed by atoms with Gasteiger partial charge in [-0.05, 0) is 13.3 Å². The minimum Gasteiger partial charge on any atom is -0.375 e. The van der Waals surface area contributed by atoms with Crippen LogP contribution in [0.2, 0.25) is 0 Å². The molecule has 0 aliphatic carbocycles. The summed E-state index contributed by atoms with van der Waals surface area (Å²) in [6.07, 6.45) is 3.62. The molecule has 0 fully saturated rings. The molecule has 0 spiro atoms. The van der Waals surface area contributed by atoms with Crippen LogP contribution in [-0.4, -0.2) is 45.2 Å². The molecule has 2 heterocycles. The smallest absolute Gasteiger partial charge is 0.254 e. The maximum absolute atomic E-state index is 12.2. The maximum Gasteiger partial charge on any atom is 0.254 e. The van der Waals surface area contributed by atoms with Gasteiger partial charge in [0.15, 0.2) is 0 Å². The zero-order valence-electron chi connectivity index (χ0n) is 12.3. The number of aryl methyl sites for hydroxylation is 1. The van der Waals surface area contributed by atoms with Crippen molar-refractivity contribution in [2.75, 3.05) is 19.8 Å². The van der Waals surface area contributed by atoms with Crippen LogP contribution in [0.4, 0.5) is 0 Å². The fourth-order valence-corrected chi connectivity index (χ4v) is 1.93. The topological polar surface area (TPSA) is 81.4 Å². The van der Waals surface area contributed by atoms with Crippen LogP contribution in [0.1, 0.15) is 29.9 Å². The molecule has 2 rings (SSSR count). The number of fused-ring (bicyclic) bond motifs is 1. The van der Waals surface area contributed by atoms with Crippen molar-refractivity contribution in [1.29, 1.82) is 0 Å². The summed E-state index contributed by atoms with van der Waals surface area (Å²) in [5, 5.41) is 6.90. The SMILES string of the molecule is C=C(C)COCCNC(=O)c1cnc2ncnn2c1CC. The number of hydrogen-bond acceptors (Lipinski definition) is 5. The second-order valence-electron chi connectivity index (χ2n) is 4.71. The Hall–Kier alpha value is -2.28. The molecule has 21 heavy (non-hydrogen) atoms. The highest BCUT2D eigenvalue weighted by Crippen LogP contribution is 2.09. The van der Waals surface area contributed by atoms with Crippen LogP contribution < -0.4 is 5.32 Å². The number of aromatic nitrogens is 4. The number of rotatable bonds is 7. The minimum atomic E-state index is -0.185. The molecule has 0 saturated carbocycles. The zero-order chi connectivity index (χ0) is 15.2. The molecule has 0 unspecified atom stereocenters. The van der Waals surface area contributed by atoms with E-state index < -0.39 is 0 Å². The first-order valence-electron chi connectivity index (χ1n) is 6.81. The van der Waals surface area contributed by atoms with E-state index >= 15 is 0 Å². The van der Waals surface area contributed by atoms with Gasteiger partial charge in [0, 0.05) is 12.7 Å². The Kier molecular flexibility index (Phi) is 4.99. The third-order valence-corrected chi connectivity index (χ3v) is 2.87. The number of amides is 1. The van der Waals surface area contributed by atoms with E-state index in [1.165, 1.54) is 12.5 Å². The van der Waals surface area contributed by atoms with Gasteiger partial charge in [-0.25, -0.2) is 9.50 Å². The van der Waals surface area contributed by atoms with E-state index in [-0.39, 0.29) is 5.91 Å². The van der Waals surface area contributed by atoms with Gasteiger partial charge < -0.3 is 10.1 Å². The number of hydrogen-bond donors (Lipinski definition) is 1. The summed E-state index contributed by atoms with van der Waals surface area (Å²) in [5.74, 6) is 0.309. The van der Waals surface area contributed by atoms with Crippen LogP contribution in [0.15, 0.2) is 24.7 Å². The fourth-order valence-electron chi connectivity index (χ4n) is 1.93. The Morgan fingerprint density at radius 3 is 3.00 bits per heavy atom. The molecule has 0 saturated heterocycles. The molecule has 2 aromatic rings. The minimum absolute atomic E-state index is 0.185. The Labute approximate surface area is 123 Å². The molecule has 2 aromatic heterocycles. The second kappa shape index (κ2) is 6.94. The molecule has 7 nitrogen and oxygen atoms in total. The predicted molar refractivity (Wildman–Crippen MR) is 78.1 cm³/mol. The molecular formula is C14H19N5O2. The van der Waals surface area contributed by atoms with Gasteiger partial charge in [-0.15, -0.1) is 0 Å². The molecule has 0 aliphatic rings. The highest BCUT2D eigenvalue weighted by atomic mass is 16.5. The van der Waals surface area contributed by atoms with Crippen LogP contribution in [0.5, 0.6) is 0 Å². The molecule has 1 N–H and O–H groups in total. The van der Waals surface area contributed by atoms with Crippen molar-refractivity contribution >= 4 is 11.7 Å². The standard InChI is InChI=1S/C14H19N5O2/c1-4-12-11(7-16-14-17-9-18-19(12)14)13(20)15-5-6-21-8-10(2)3/h7,9H,2,4-6,8H2,1,3H3,(H,15,20). The second-order valence-corrected chi connectivity index (χ2v) is 4.71. The van der Waals surface area contributed by atoms with Crippen LogP contribution in [-0.2, 0) is 11.2 Å². The Morgan fingerprint density at radius 2 is 2.29 bits per heavy atom. The van der Waals surface area contributed by atoms with Crippen LogP contribution in [0, 0.1) is 0 Å². The predicted octanol–water partition coefficient (Wildman–Crippen LogP) is 1.01. The van der Waals surface area contributed by atoms with Crippen molar-refractivity contribution in [2.45, 2.75) is 20.3 Å². The number of ether oxygens (including phenoxy) is 1. The highest BCUT2D eigenvalue weighted by molar-refractivity contribution is 5.95. The van der Waals surface area contributed by atoms with Crippen molar-refractivity contribution in [3.63, 3.8) is 0 Å². The van der Waals surface area contributed by atoms with E-state index in [1.807, 2.05) is 13.8 Å². The van der Waals surface area contributed by atoms with Crippen LogP contribution in [0.25, 0.3) is 5.78 Å². The van der Waals surface area contributed by atoms with E-state index in [4.69, 9.17) is 4.74 Å². The summed E-state index contributed by atoms with van der Waals surface area (Å²) in [6.45, 7) is 8.98. The van der Waals surface area contributed by atoms with Crippen molar-refractivity contribution in [3.8, 4) is 0 Å².